The van der Waals surface area contributed by atoms with Crippen molar-refractivity contribution in [3.8, 4) is 0 Å². The van der Waals surface area contributed by atoms with E-state index in [-0.39, 0.29) is 5.38 Å². The van der Waals surface area contributed by atoms with Crippen LogP contribution in [0.3, 0.4) is 0 Å². The third-order valence-corrected chi connectivity index (χ3v) is 3.07. The van der Waals surface area contributed by atoms with Crippen LogP contribution in [0, 0.1) is 6.92 Å². The molecule has 0 bridgehead atoms. The zero-order valence-corrected chi connectivity index (χ0v) is 9.22. The Morgan fingerprint density at radius 1 is 1.21 bits per heavy atom. The summed E-state index contributed by atoms with van der Waals surface area (Å²) < 4.78 is 0. The minimum Gasteiger partial charge on any atom is -0.118 e. The van der Waals surface area contributed by atoms with Gasteiger partial charge < -0.3 is 0 Å². The van der Waals surface area contributed by atoms with Gasteiger partial charge in [0.2, 0.25) is 0 Å². The van der Waals surface area contributed by atoms with Crippen LogP contribution in [0.15, 0.2) is 30.3 Å². The van der Waals surface area contributed by atoms with E-state index in [4.69, 9.17) is 11.6 Å². The molecular weight excluding hydrogens is 192 g/mol. The Bertz CT molecular complexity index is 335. The summed E-state index contributed by atoms with van der Waals surface area (Å²) in [5.41, 5.74) is 4.06. The SMILES string of the molecule is Cc1ccc(C2=CC(Cl)CCC2)cc1. The van der Waals surface area contributed by atoms with E-state index in [0.717, 1.165) is 6.42 Å². The van der Waals surface area contributed by atoms with Gasteiger partial charge in [0.1, 0.15) is 0 Å². The van der Waals surface area contributed by atoms with Crippen molar-refractivity contribution in [3.63, 3.8) is 0 Å². The highest BCUT2D eigenvalue weighted by Crippen LogP contribution is 2.29. The quantitative estimate of drug-likeness (QED) is 0.605. The largest absolute Gasteiger partial charge is 0.118 e. The number of rotatable bonds is 1. The first-order chi connectivity index (χ1) is 6.75. The zero-order chi connectivity index (χ0) is 9.97. The minimum absolute atomic E-state index is 0.236. The fourth-order valence-corrected chi connectivity index (χ4v) is 2.19. The number of hydrogen-bond donors (Lipinski definition) is 0. The molecule has 1 unspecified atom stereocenters. The first kappa shape index (κ1) is 9.79. The van der Waals surface area contributed by atoms with Crippen molar-refractivity contribution in [2.24, 2.45) is 0 Å². The number of aryl methyl sites for hydroxylation is 1. The summed E-state index contributed by atoms with van der Waals surface area (Å²) in [6.07, 6.45) is 5.72. The lowest BCUT2D eigenvalue weighted by molar-refractivity contribution is 0.747. The van der Waals surface area contributed by atoms with E-state index in [1.165, 1.54) is 29.5 Å². The van der Waals surface area contributed by atoms with E-state index < -0.39 is 0 Å². The first-order valence-corrected chi connectivity index (χ1v) is 5.61. The van der Waals surface area contributed by atoms with E-state index in [1.54, 1.807) is 0 Å². The van der Waals surface area contributed by atoms with Crippen molar-refractivity contribution < 1.29 is 0 Å². The van der Waals surface area contributed by atoms with Gasteiger partial charge in [-0.25, -0.2) is 0 Å². The molecule has 0 N–H and O–H groups in total. The maximum atomic E-state index is 6.12. The van der Waals surface area contributed by atoms with E-state index >= 15 is 0 Å². The van der Waals surface area contributed by atoms with Crippen LogP contribution < -0.4 is 0 Å². The molecule has 0 aromatic heterocycles. The predicted molar refractivity (Wildman–Crippen MR) is 62.6 cm³/mol. The predicted octanol–water partition coefficient (Wildman–Crippen LogP) is 4.17. The molecule has 0 saturated carbocycles. The van der Waals surface area contributed by atoms with Crippen molar-refractivity contribution in [3.05, 3.63) is 41.5 Å². The highest BCUT2D eigenvalue weighted by molar-refractivity contribution is 6.22. The monoisotopic (exact) mass is 206 g/mol. The smallest absolute Gasteiger partial charge is 0.0522 e. The van der Waals surface area contributed by atoms with Gasteiger partial charge in [0.25, 0.3) is 0 Å². The summed E-state index contributed by atoms with van der Waals surface area (Å²) in [5, 5.41) is 0.236. The third-order valence-electron chi connectivity index (χ3n) is 2.73. The molecule has 1 aliphatic rings. The molecule has 0 radical (unpaired) electrons. The van der Waals surface area contributed by atoms with Crippen molar-refractivity contribution in [1.29, 1.82) is 0 Å². The second kappa shape index (κ2) is 4.18. The molecule has 1 atom stereocenters. The number of alkyl halides is 1. The maximum Gasteiger partial charge on any atom is 0.0522 e. The Morgan fingerprint density at radius 2 is 1.93 bits per heavy atom. The van der Waals surface area contributed by atoms with Crippen LogP contribution >= 0.6 is 11.6 Å². The Hall–Kier alpha value is -0.750. The fourth-order valence-electron chi connectivity index (χ4n) is 1.88. The van der Waals surface area contributed by atoms with Crippen LogP contribution in [0.2, 0.25) is 0 Å². The Morgan fingerprint density at radius 3 is 2.57 bits per heavy atom. The molecule has 0 nitrogen and oxygen atoms in total. The molecule has 0 spiro atoms. The number of benzene rings is 1. The van der Waals surface area contributed by atoms with E-state index in [1.807, 2.05) is 0 Å². The van der Waals surface area contributed by atoms with Gasteiger partial charge in [0.15, 0.2) is 0 Å². The molecule has 2 rings (SSSR count). The summed E-state index contributed by atoms with van der Waals surface area (Å²) >= 11 is 6.12. The van der Waals surface area contributed by atoms with Crippen LogP contribution in [0.5, 0.6) is 0 Å². The normalized spacial score (nSPS) is 21.9. The van der Waals surface area contributed by atoms with Crippen molar-refractivity contribution in [2.75, 3.05) is 0 Å². The van der Waals surface area contributed by atoms with E-state index in [9.17, 15) is 0 Å². The summed E-state index contributed by atoms with van der Waals surface area (Å²) in [4.78, 5) is 0. The summed E-state index contributed by atoms with van der Waals surface area (Å²) in [6, 6.07) is 8.70. The molecule has 74 valence electrons. The van der Waals surface area contributed by atoms with Gasteiger partial charge >= 0.3 is 0 Å². The standard InChI is InChI=1S/C13H15Cl/c1-10-5-7-11(8-6-10)12-3-2-4-13(14)9-12/h5-9,13H,2-4H2,1H3. The van der Waals surface area contributed by atoms with Crippen LogP contribution in [-0.4, -0.2) is 5.38 Å². The van der Waals surface area contributed by atoms with Crippen LogP contribution in [0.1, 0.15) is 30.4 Å². The summed E-state index contributed by atoms with van der Waals surface area (Å²) in [7, 11) is 0. The fraction of sp³-hybridized carbons (Fsp3) is 0.385. The van der Waals surface area contributed by atoms with Gasteiger partial charge in [0, 0.05) is 0 Å². The molecule has 0 saturated heterocycles. The van der Waals surface area contributed by atoms with E-state index in [0.29, 0.717) is 0 Å². The Balaban J connectivity index is 2.26. The van der Waals surface area contributed by atoms with Crippen molar-refractivity contribution in [1.82, 2.24) is 0 Å². The maximum absolute atomic E-state index is 6.12. The first-order valence-electron chi connectivity index (χ1n) is 5.17. The minimum atomic E-state index is 0.236. The molecular formula is C13H15Cl. The van der Waals surface area contributed by atoms with Gasteiger partial charge in [-0.3, -0.25) is 0 Å². The molecule has 0 amide bonds. The molecule has 0 heterocycles. The van der Waals surface area contributed by atoms with Crippen LogP contribution in [0.4, 0.5) is 0 Å². The second-order valence-electron chi connectivity index (χ2n) is 3.97. The molecule has 1 aliphatic carbocycles. The second-order valence-corrected chi connectivity index (χ2v) is 4.53. The lowest BCUT2D eigenvalue weighted by Gasteiger charge is -2.16. The lowest BCUT2D eigenvalue weighted by Crippen LogP contribution is -2.02. The molecule has 14 heavy (non-hydrogen) atoms. The van der Waals surface area contributed by atoms with Gasteiger partial charge in [0.05, 0.1) is 5.38 Å². The zero-order valence-electron chi connectivity index (χ0n) is 8.46. The summed E-state index contributed by atoms with van der Waals surface area (Å²) in [6.45, 7) is 2.11. The number of allylic oxidation sites excluding steroid dienone is 2. The van der Waals surface area contributed by atoms with Crippen LogP contribution in [0.25, 0.3) is 5.57 Å². The highest BCUT2D eigenvalue weighted by atomic mass is 35.5. The van der Waals surface area contributed by atoms with E-state index in [2.05, 4.69) is 37.3 Å². The summed E-state index contributed by atoms with van der Waals surface area (Å²) in [5.74, 6) is 0. The number of hydrogen-bond acceptors (Lipinski definition) is 0. The van der Waals surface area contributed by atoms with Crippen molar-refractivity contribution >= 4 is 17.2 Å². The van der Waals surface area contributed by atoms with Gasteiger partial charge in [-0.15, -0.1) is 11.6 Å². The molecule has 0 aliphatic heterocycles. The average molecular weight is 207 g/mol. The van der Waals surface area contributed by atoms with Crippen LogP contribution in [-0.2, 0) is 0 Å². The molecule has 0 fully saturated rings. The number of halogens is 1. The average Bonchev–Trinajstić information content (AvgIpc) is 2.19. The topological polar surface area (TPSA) is 0 Å². The van der Waals surface area contributed by atoms with Gasteiger partial charge in [-0.1, -0.05) is 35.9 Å². The third kappa shape index (κ3) is 2.19. The Kier molecular flexibility index (Phi) is 2.93. The lowest BCUT2D eigenvalue weighted by atomic mass is 9.93. The molecule has 1 heteroatoms. The highest BCUT2D eigenvalue weighted by Gasteiger charge is 2.11. The van der Waals surface area contributed by atoms with Crippen molar-refractivity contribution in [2.45, 2.75) is 31.6 Å². The van der Waals surface area contributed by atoms with Gasteiger partial charge in [-0.05, 0) is 37.3 Å². The Labute approximate surface area is 90.6 Å². The molecule has 1 aromatic rings. The van der Waals surface area contributed by atoms with Gasteiger partial charge in [-0.2, -0.15) is 0 Å². The molecule has 1 aromatic carbocycles.